The van der Waals surface area contributed by atoms with E-state index in [1.54, 1.807) is 7.05 Å². The third-order valence-electron chi connectivity index (χ3n) is 7.80. The molecule has 1 N–H and O–H groups in total. The van der Waals surface area contributed by atoms with Crippen molar-refractivity contribution in [2.75, 3.05) is 48.8 Å². The molecule has 6 rings (SSSR count). The standard InChI is InChI=1S/C28H33N7O2S/c1-32(2)24-12-15-34(16-13-24)25-9-7-23(8-10-25)30-28-29-17-20-11-14-35(27(20)31-28)18-21-5-4-6-22-19-38(36,37)33(3)26(21)22/h4-11,14,17,24H,12-13,15-16,18-19H2,1-3H3,(H,29,30,31). The molecule has 0 bridgehead atoms. The zero-order valence-corrected chi connectivity index (χ0v) is 22.8. The third-order valence-corrected chi connectivity index (χ3v) is 9.49. The van der Waals surface area contributed by atoms with E-state index in [1.807, 2.05) is 41.2 Å². The van der Waals surface area contributed by atoms with Crippen molar-refractivity contribution in [1.82, 2.24) is 19.4 Å². The lowest BCUT2D eigenvalue weighted by Gasteiger charge is -2.36. The highest BCUT2D eigenvalue weighted by Crippen LogP contribution is 2.36. The Bertz CT molecular complexity index is 1570. The lowest BCUT2D eigenvalue weighted by molar-refractivity contribution is 0.249. The summed E-state index contributed by atoms with van der Waals surface area (Å²) in [4.78, 5) is 14.1. The number of piperidine rings is 1. The molecule has 0 radical (unpaired) electrons. The van der Waals surface area contributed by atoms with Gasteiger partial charge in [0.1, 0.15) is 5.65 Å². The van der Waals surface area contributed by atoms with Gasteiger partial charge < -0.3 is 19.7 Å². The van der Waals surface area contributed by atoms with Crippen molar-refractivity contribution in [2.45, 2.75) is 31.2 Å². The molecule has 0 saturated carbocycles. The van der Waals surface area contributed by atoms with Crippen molar-refractivity contribution in [3.05, 3.63) is 72.1 Å². The smallest absolute Gasteiger partial charge is 0.239 e. The van der Waals surface area contributed by atoms with Crippen LogP contribution >= 0.6 is 0 Å². The minimum Gasteiger partial charge on any atom is -0.371 e. The minimum atomic E-state index is -3.30. The van der Waals surface area contributed by atoms with Gasteiger partial charge in [-0.25, -0.2) is 13.4 Å². The van der Waals surface area contributed by atoms with E-state index < -0.39 is 10.0 Å². The summed E-state index contributed by atoms with van der Waals surface area (Å²) in [7, 11) is 2.65. The molecule has 4 aromatic rings. The second-order valence-corrected chi connectivity index (χ2v) is 12.4. The summed E-state index contributed by atoms with van der Waals surface area (Å²) >= 11 is 0. The van der Waals surface area contributed by atoms with Crippen LogP contribution in [0.15, 0.2) is 60.9 Å². The molecule has 38 heavy (non-hydrogen) atoms. The van der Waals surface area contributed by atoms with E-state index >= 15 is 0 Å². The predicted octanol–water partition coefficient (Wildman–Crippen LogP) is 4.03. The first-order valence-electron chi connectivity index (χ1n) is 13.0. The van der Waals surface area contributed by atoms with Crippen LogP contribution in [0.25, 0.3) is 11.0 Å². The Balaban J connectivity index is 1.19. The topological polar surface area (TPSA) is 86.6 Å². The van der Waals surface area contributed by atoms with E-state index in [-0.39, 0.29) is 5.75 Å². The van der Waals surface area contributed by atoms with E-state index in [9.17, 15) is 8.42 Å². The fourth-order valence-corrected chi connectivity index (χ4v) is 6.92. The van der Waals surface area contributed by atoms with Crippen LogP contribution in [0.5, 0.6) is 0 Å². The summed E-state index contributed by atoms with van der Waals surface area (Å²) in [6.45, 7) is 2.65. The van der Waals surface area contributed by atoms with Gasteiger partial charge in [-0.05, 0) is 68.4 Å². The number of rotatable bonds is 6. The fourth-order valence-electron chi connectivity index (χ4n) is 5.59. The van der Waals surface area contributed by atoms with Gasteiger partial charge in [-0.3, -0.25) is 4.31 Å². The maximum atomic E-state index is 12.4. The van der Waals surface area contributed by atoms with Crippen LogP contribution in [-0.2, 0) is 22.3 Å². The molecule has 4 heterocycles. The molecule has 10 heteroatoms. The Morgan fingerprint density at radius 3 is 2.55 bits per heavy atom. The van der Waals surface area contributed by atoms with Crippen LogP contribution in [0.2, 0.25) is 0 Å². The van der Waals surface area contributed by atoms with Crippen LogP contribution in [0.4, 0.5) is 23.0 Å². The maximum Gasteiger partial charge on any atom is 0.239 e. The van der Waals surface area contributed by atoms with Crippen molar-refractivity contribution < 1.29 is 8.42 Å². The largest absolute Gasteiger partial charge is 0.371 e. The Kier molecular flexibility index (Phi) is 6.23. The fraction of sp³-hybridized carbons (Fsp3) is 0.357. The second-order valence-electron chi connectivity index (χ2n) is 10.4. The van der Waals surface area contributed by atoms with Gasteiger partial charge in [0.15, 0.2) is 0 Å². The first-order valence-corrected chi connectivity index (χ1v) is 14.6. The Hall–Kier alpha value is -3.63. The zero-order chi connectivity index (χ0) is 26.4. The van der Waals surface area contributed by atoms with Gasteiger partial charge >= 0.3 is 0 Å². The second kappa shape index (κ2) is 9.59. The number of benzene rings is 2. The van der Waals surface area contributed by atoms with Crippen LogP contribution < -0.4 is 14.5 Å². The highest BCUT2D eigenvalue weighted by Gasteiger charge is 2.32. The van der Waals surface area contributed by atoms with Crippen LogP contribution in [0, 0.1) is 0 Å². The first kappa shape index (κ1) is 24.7. The quantitative estimate of drug-likeness (QED) is 0.402. The molecule has 0 atom stereocenters. The predicted molar refractivity (Wildman–Crippen MR) is 153 cm³/mol. The van der Waals surface area contributed by atoms with Crippen LogP contribution in [0.1, 0.15) is 24.0 Å². The Morgan fingerprint density at radius 1 is 1.05 bits per heavy atom. The molecular weight excluding hydrogens is 498 g/mol. The molecule has 1 saturated heterocycles. The molecule has 2 aromatic carbocycles. The highest BCUT2D eigenvalue weighted by molar-refractivity contribution is 7.92. The monoisotopic (exact) mass is 531 g/mol. The van der Waals surface area contributed by atoms with Gasteiger partial charge in [0, 0.05) is 55.3 Å². The average molecular weight is 532 g/mol. The van der Waals surface area contributed by atoms with Crippen molar-refractivity contribution in [3.63, 3.8) is 0 Å². The molecular formula is C28H33N7O2S. The van der Waals surface area contributed by atoms with E-state index in [0.717, 1.165) is 46.6 Å². The molecule has 0 amide bonds. The van der Waals surface area contributed by atoms with Gasteiger partial charge in [-0.2, -0.15) is 4.98 Å². The zero-order valence-electron chi connectivity index (χ0n) is 22.0. The summed E-state index contributed by atoms with van der Waals surface area (Å²) in [6.07, 6.45) is 6.15. The van der Waals surface area contributed by atoms with E-state index in [1.165, 1.54) is 22.8 Å². The van der Waals surface area contributed by atoms with E-state index in [0.29, 0.717) is 18.5 Å². The van der Waals surface area contributed by atoms with Crippen molar-refractivity contribution in [1.29, 1.82) is 0 Å². The Labute approximate surface area is 223 Å². The third kappa shape index (κ3) is 4.58. The number of para-hydroxylation sites is 1. The highest BCUT2D eigenvalue weighted by atomic mass is 32.2. The van der Waals surface area contributed by atoms with Gasteiger partial charge in [0.05, 0.1) is 18.0 Å². The van der Waals surface area contributed by atoms with Gasteiger partial charge in [0.25, 0.3) is 0 Å². The van der Waals surface area contributed by atoms with Gasteiger partial charge in [-0.15, -0.1) is 0 Å². The number of hydrogen-bond acceptors (Lipinski definition) is 7. The average Bonchev–Trinajstić information content (AvgIpc) is 3.41. The van der Waals surface area contributed by atoms with Gasteiger partial charge in [0.2, 0.25) is 16.0 Å². The first-order chi connectivity index (χ1) is 18.3. The molecule has 0 unspecified atom stereocenters. The number of nitrogens with zero attached hydrogens (tertiary/aromatic N) is 6. The molecule has 198 valence electrons. The van der Waals surface area contributed by atoms with Crippen LogP contribution in [0.3, 0.4) is 0 Å². The van der Waals surface area contributed by atoms with Crippen molar-refractivity contribution >= 4 is 44.1 Å². The summed E-state index contributed by atoms with van der Waals surface area (Å²) in [5.41, 5.74) is 5.52. The normalized spacial score (nSPS) is 17.4. The lowest BCUT2D eigenvalue weighted by Crippen LogP contribution is -2.41. The molecule has 2 aromatic heterocycles. The number of sulfonamides is 1. The molecule has 1 fully saturated rings. The summed E-state index contributed by atoms with van der Waals surface area (Å²) in [6, 6.07) is 16.9. The van der Waals surface area contributed by atoms with Crippen LogP contribution in [-0.4, -0.2) is 68.1 Å². The minimum absolute atomic E-state index is 0.0441. The van der Waals surface area contributed by atoms with Gasteiger partial charge in [-0.1, -0.05) is 18.2 Å². The SMILES string of the molecule is CN(C)C1CCN(c2ccc(Nc3ncc4ccn(Cc5cccc6c5N(C)S(=O)(=O)C6)c4n3)cc2)CC1. The number of nitrogens with one attached hydrogen (secondary N) is 1. The number of aromatic nitrogens is 3. The number of fused-ring (bicyclic) bond motifs is 2. The molecule has 0 aliphatic carbocycles. The molecule has 2 aliphatic heterocycles. The number of hydrogen-bond donors (Lipinski definition) is 1. The van der Waals surface area contributed by atoms with Crippen molar-refractivity contribution in [3.8, 4) is 0 Å². The lowest BCUT2D eigenvalue weighted by atomic mass is 10.0. The maximum absolute atomic E-state index is 12.4. The number of anilines is 4. The summed E-state index contributed by atoms with van der Waals surface area (Å²) < 4.78 is 28.3. The molecule has 9 nitrogen and oxygen atoms in total. The molecule has 0 spiro atoms. The van der Waals surface area contributed by atoms with E-state index in [4.69, 9.17) is 4.98 Å². The molecule has 2 aliphatic rings. The van der Waals surface area contributed by atoms with Crippen molar-refractivity contribution in [2.24, 2.45) is 0 Å². The van der Waals surface area contributed by atoms with E-state index in [2.05, 4.69) is 58.5 Å². The summed E-state index contributed by atoms with van der Waals surface area (Å²) in [5, 5.41) is 4.27. The summed E-state index contributed by atoms with van der Waals surface area (Å²) in [5.74, 6) is 0.567. The Morgan fingerprint density at radius 2 is 1.82 bits per heavy atom.